The van der Waals surface area contributed by atoms with Gasteiger partial charge < -0.3 is 10.6 Å². The summed E-state index contributed by atoms with van der Waals surface area (Å²) in [5.41, 5.74) is 0. The lowest BCUT2D eigenvalue weighted by atomic mass is 10.2. The van der Waals surface area contributed by atoms with Crippen LogP contribution in [0, 0.1) is 0 Å². The minimum absolute atomic E-state index is 0.0428. The molecule has 1 aliphatic heterocycles. The zero-order valence-electron chi connectivity index (χ0n) is 9.54. The first kappa shape index (κ1) is 12.4. The van der Waals surface area contributed by atoms with Crippen molar-refractivity contribution in [2.75, 3.05) is 13.6 Å². The third-order valence-corrected chi connectivity index (χ3v) is 3.31. The molecular formula is C10H19N3OS. The van der Waals surface area contributed by atoms with Gasteiger partial charge in [0.25, 0.3) is 0 Å². The summed E-state index contributed by atoms with van der Waals surface area (Å²) < 4.78 is 0. The molecule has 1 rings (SSSR count). The number of aliphatic imine (C=N–C) groups is 1. The van der Waals surface area contributed by atoms with Gasteiger partial charge in [0.15, 0.2) is 5.17 Å². The van der Waals surface area contributed by atoms with E-state index >= 15 is 0 Å². The van der Waals surface area contributed by atoms with Gasteiger partial charge in [-0.25, -0.2) is 0 Å². The Morgan fingerprint density at radius 2 is 2.40 bits per heavy atom. The molecule has 1 fully saturated rings. The molecule has 15 heavy (non-hydrogen) atoms. The van der Waals surface area contributed by atoms with Gasteiger partial charge in [-0.1, -0.05) is 18.7 Å². The van der Waals surface area contributed by atoms with Crippen molar-refractivity contribution in [1.82, 2.24) is 10.6 Å². The number of nitrogens with one attached hydrogen (secondary N) is 2. The Kier molecular flexibility index (Phi) is 4.94. The Balaban J connectivity index is 2.35. The molecule has 0 aromatic rings. The van der Waals surface area contributed by atoms with Gasteiger partial charge in [0.2, 0.25) is 5.91 Å². The molecule has 4 nitrogen and oxygen atoms in total. The number of nitrogens with zero attached hydrogens (tertiary/aromatic N) is 1. The van der Waals surface area contributed by atoms with Crippen LogP contribution in [0.4, 0.5) is 0 Å². The number of hydrogen-bond acceptors (Lipinski definition) is 3. The van der Waals surface area contributed by atoms with Crippen LogP contribution >= 0.6 is 11.8 Å². The minimum atomic E-state index is 0.0428. The predicted octanol–water partition coefficient (Wildman–Crippen LogP) is 0.982. The largest absolute Gasteiger partial charge is 0.362 e. The summed E-state index contributed by atoms with van der Waals surface area (Å²) >= 11 is 1.76. The highest BCUT2D eigenvalue weighted by Crippen LogP contribution is 2.22. The quantitative estimate of drug-likeness (QED) is 0.758. The maximum atomic E-state index is 11.0. The third-order valence-electron chi connectivity index (χ3n) is 2.24. The van der Waals surface area contributed by atoms with Crippen LogP contribution in [0.1, 0.15) is 26.7 Å². The Morgan fingerprint density at radius 3 is 3.00 bits per heavy atom. The van der Waals surface area contributed by atoms with Gasteiger partial charge in [-0.05, 0) is 13.3 Å². The molecule has 0 aliphatic carbocycles. The molecule has 2 N–H and O–H groups in total. The molecule has 0 bridgehead atoms. The Bertz CT molecular complexity index is 243. The van der Waals surface area contributed by atoms with Crippen LogP contribution in [0.5, 0.6) is 0 Å². The zero-order chi connectivity index (χ0) is 11.3. The van der Waals surface area contributed by atoms with E-state index in [1.54, 1.807) is 18.8 Å². The van der Waals surface area contributed by atoms with Crippen molar-refractivity contribution in [1.29, 1.82) is 0 Å². The molecule has 2 atom stereocenters. The molecule has 0 spiro atoms. The molecule has 0 aromatic heterocycles. The second kappa shape index (κ2) is 6.00. The van der Waals surface area contributed by atoms with Crippen molar-refractivity contribution >= 4 is 22.8 Å². The second-order valence-corrected chi connectivity index (χ2v) is 5.25. The van der Waals surface area contributed by atoms with E-state index < -0.39 is 0 Å². The number of hydrogen-bond donors (Lipinski definition) is 2. The number of rotatable bonds is 3. The highest BCUT2D eigenvalue weighted by molar-refractivity contribution is 8.14. The maximum absolute atomic E-state index is 11.0. The normalized spacial score (nSPS) is 28.6. The third kappa shape index (κ3) is 4.55. The van der Waals surface area contributed by atoms with Crippen LogP contribution in [0.3, 0.4) is 0 Å². The topological polar surface area (TPSA) is 53.5 Å². The van der Waals surface area contributed by atoms with Crippen LogP contribution in [-0.2, 0) is 4.79 Å². The van der Waals surface area contributed by atoms with Crippen molar-refractivity contribution < 1.29 is 4.79 Å². The molecular weight excluding hydrogens is 210 g/mol. The Hall–Kier alpha value is -0.710. The summed E-state index contributed by atoms with van der Waals surface area (Å²) in [6, 6.07) is 0.486. The van der Waals surface area contributed by atoms with Crippen LogP contribution in [0.2, 0.25) is 0 Å². The second-order valence-electron chi connectivity index (χ2n) is 3.82. The number of carbonyl (C=O) groups excluding carboxylic acids is 1. The van der Waals surface area contributed by atoms with E-state index in [0.29, 0.717) is 24.3 Å². The summed E-state index contributed by atoms with van der Waals surface area (Å²) in [4.78, 5) is 15.4. The SMILES string of the molecule is CNC(=O)CCN=C1NC(C)CC(C)S1. The number of thioether (sulfide) groups is 1. The maximum Gasteiger partial charge on any atom is 0.221 e. The molecule has 1 saturated heterocycles. The first-order chi connectivity index (χ1) is 7.11. The number of amides is 1. The fourth-order valence-corrected chi connectivity index (χ4v) is 2.71. The summed E-state index contributed by atoms with van der Waals surface area (Å²) in [5, 5.41) is 7.49. The van der Waals surface area contributed by atoms with Gasteiger partial charge in [-0.3, -0.25) is 9.79 Å². The van der Waals surface area contributed by atoms with Crippen molar-refractivity contribution in [3.8, 4) is 0 Å². The molecule has 1 aliphatic rings. The molecule has 5 heteroatoms. The summed E-state index contributed by atoms with van der Waals surface area (Å²) in [7, 11) is 1.65. The Morgan fingerprint density at radius 1 is 1.67 bits per heavy atom. The van der Waals surface area contributed by atoms with E-state index in [2.05, 4.69) is 29.5 Å². The molecule has 2 unspecified atom stereocenters. The van der Waals surface area contributed by atoms with Gasteiger partial charge >= 0.3 is 0 Å². The van der Waals surface area contributed by atoms with Crippen LogP contribution in [0.25, 0.3) is 0 Å². The minimum Gasteiger partial charge on any atom is -0.362 e. The lowest BCUT2D eigenvalue weighted by molar-refractivity contribution is -0.120. The average molecular weight is 229 g/mol. The Labute approximate surface area is 95.3 Å². The van der Waals surface area contributed by atoms with E-state index in [1.165, 1.54) is 6.42 Å². The van der Waals surface area contributed by atoms with E-state index in [1.807, 2.05) is 0 Å². The predicted molar refractivity (Wildman–Crippen MR) is 65.3 cm³/mol. The monoisotopic (exact) mass is 229 g/mol. The fraction of sp³-hybridized carbons (Fsp3) is 0.800. The van der Waals surface area contributed by atoms with E-state index in [9.17, 15) is 4.79 Å². The highest BCUT2D eigenvalue weighted by atomic mass is 32.2. The number of carbonyl (C=O) groups is 1. The van der Waals surface area contributed by atoms with Crippen molar-refractivity contribution in [2.45, 2.75) is 38.0 Å². The van der Waals surface area contributed by atoms with Crippen molar-refractivity contribution in [2.24, 2.45) is 4.99 Å². The van der Waals surface area contributed by atoms with Crippen LogP contribution in [0.15, 0.2) is 4.99 Å². The average Bonchev–Trinajstić information content (AvgIpc) is 2.16. The fourth-order valence-electron chi connectivity index (χ4n) is 1.51. The van der Waals surface area contributed by atoms with Gasteiger partial charge in [0, 0.05) is 24.8 Å². The summed E-state index contributed by atoms with van der Waals surface area (Å²) in [6.07, 6.45) is 1.63. The standard InChI is InChI=1S/C10H19N3OS/c1-7-6-8(2)15-10(13-7)12-5-4-9(14)11-3/h7-8H,4-6H2,1-3H3,(H,11,14)(H,12,13). The lowest BCUT2D eigenvalue weighted by Crippen LogP contribution is -2.38. The van der Waals surface area contributed by atoms with Crippen LogP contribution < -0.4 is 10.6 Å². The van der Waals surface area contributed by atoms with E-state index in [4.69, 9.17) is 0 Å². The van der Waals surface area contributed by atoms with Gasteiger partial charge in [0.05, 0.1) is 6.54 Å². The van der Waals surface area contributed by atoms with Crippen molar-refractivity contribution in [3.05, 3.63) is 0 Å². The van der Waals surface area contributed by atoms with E-state index in [0.717, 1.165) is 5.17 Å². The first-order valence-electron chi connectivity index (χ1n) is 5.30. The van der Waals surface area contributed by atoms with Gasteiger partial charge in [-0.15, -0.1) is 0 Å². The first-order valence-corrected chi connectivity index (χ1v) is 6.18. The van der Waals surface area contributed by atoms with Gasteiger partial charge in [0.1, 0.15) is 0 Å². The van der Waals surface area contributed by atoms with Crippen molar-refractivity contribution in [3.63, 3.8) is 0 Å². The van der Waals surface area contributed by atoms with Gasteiger partial charge in [-0.2, -0.15) is 0 Å². The lowest BCUT2D eigenvalue weighted by Gasteiger charge is -2.26. The smallest absolute Gasteiger partial charge is 0.221 e. The molecule has 0 radical (unpaired) electrons. The molecule has 0 aromatic carbocycles. The zero-order valence-corrected chi connectivity index (χ0v) is 10.4. The van der Waals surface area contributed by atoms with Crippen LogP contribution in [-0.4, -0.2) is 36.0 Å². The molecule has 1 heterocycles. The molecule has 0 saturated carbocycles. The number of amidine groups is 1. The summed E-state index contributed by atoms with van der Waals surface area (Å²) in [6.45, 7) is 4.93. The van der Waals surface area contributed by atoms with E-state index in [-0.39, 0.29) is 5.91 Å². The molecule has 1 amide bonds. The highest BCUT2D eigenvalue weighted by Gasteiger charge is 2.19. The summed E-state index contributed by atoms with van der Waals surface area (Å²) in [5.74, 6) is 0.0428. The molecule has 86 valence electrons.